The summed E-state index contributed by atoms with van der Waals surface area (Å²) in [7, 11) is 0. The Morgan fingerprint density at radius 1 is 0.857 bits per heavy atom. The van der Waals surface area contributed by atoms with Crippen LogP contribution in [0.2, 0.25) is 0 Å². The van der Waals surface area contributed by atoms with Crippen molar-refractivity contribution < 1.29 is 14.5 Å². The van der Waals surface area contributed by atoms with E-state index >= 15 is 0 Å². The number of carboxylic acids is 1. The molecule has 0 radical (unpaired) electrons. The summed E-state index contributed by atoms with van der Waals surface area (Å²) in [5.41, 5.74) is 5.51. The number of fused-ring (bicyclic) bond motifs is 3. The van der Waals surface area contributed by atoms with Crippen molar-refractivity contribution in [3.8, 4) is 22.6 Å². The molecule has 1 aromatic heterocycles. The molecule has 1 aliphatic rings. The van der Waals surface area contributed by atoms with E-state index in [2.05, 4.69) is 45.7 Å². The van der Waals surface area contributed by atoms with E-state index < -0.39 is 5.97 Å². The first-order valence-electron chi connectivity index (χ1n) is 9.37. The third-order valence-corrected chi connectivity index (χ3v) is 5.34. The van der Waals surface area contributed by atoms with Gasteiger partial charge in [-0.2, -0.15) is 9.13 Å². The molecule has 0 bridgehead atoms. The third-order valence-electron chi connectivity index (χ3n) is 5.34. The van der Waals surface area contributed by atoms with Crippen LogP contribution in [0.4, 0.5) is 0 Å². The van der Waals surface area contributed by atoms with Crippen LogP contribution in [0.15, 0.2) is 85.1 Å². The van der Waals surface area contributed by atoms with Crippen LogP contribution < -0.4 is 4.57 Å². The number of aryl methyl sites for hydroxylation is 1. The number of rotatable bonds is 3. The zero-order chi connectivity index (χ0) is 19.1. The molecular formula is C24H19N2O2+. The molecule has 1 N–H and O–H groups in total. The summed E-state index contributed by atoms with van der Waals surface area (Å²) in [5.74, 6) is 0.171. The minimum Gasteiger partial charge on any atom is -0.478 e. The van der Waals surface area contributed by atoms with Crippen LogP contribution in [-0.4, -0.2) is 15.6 Å². The van der Waals surface area contributed by atoms with E-state index in [1.165, 1.54) is 5.56 Å². The molecule has 0 unspecified atom stereocenters. The van der Waals surface area contributed by atoms with Crippen molar-refractivity contribution in [3.05, 3.63) is 102 Å². The molecule has 5 rings (SSSR count). The van der Waals surface area contributed by atoms with Crippen LogP contribution in [0, 0.1) is 0 Å². The second-order valence-electron chi connectivity index (χ2n) is 6.95. The number of aromatic nitrogens is 2. The average molecular weight is 367 g/mol. The van der Waals surface area contributed by atoms with Gasteiger partial charge >= 0.3 is 5.97 Å². The van der Waals surface area contributed by atoms with E-state index in [1.807, 2.05) is 36.4 Å². The number of aromatic carboxylic acids is 1. The minimum absolute atomic E-state index is 0.303. The fraction of sp³-hybridized carbons (Fsp3) is 0.0833. The Morgan fingerprint density at radius 2 is 1.57 bits per heavy atom. The predicted molar refractivity (Wildman–Crippen MR) is 107 cm³/mol. The van der Waals surface area contributed by atoms with E-state index in [4.69, 9.17) is 0 Å². The van der Waals surface area contributed by atoms with Gasteiger partial charge in [-0.05, 0) is 30.2 Å². The molecule has 4 nitrogen and oxygen atoms in total. The minimum atomic E-state index is -0.918. The van der Waals surface area contributed by atoms with Crippen LogP contribution in [0.5, 0.6) is 0 Å². The molecule has 4 heteroatoms. The zero-order valence-corrected chi connectivity index (χ0v) is 15.2. The van der Waals surface area contributed by atoms with Crippen molar-refractivity contribution >= 4 is 5.97 Å². The van der Waals surface area contributed by atoms with Gasteiger partial charge in [0.05, 0.1) is 6.42 Å². The molecule has 136 valence electrons. The quantitative estimate of drug-likeness (QED) is 0.551. The lowest BCUT2D eigenvalue weighted by molar-refractivity contribution is -0.606. The molecule has 3 aromatic carbocycles. The molecule has 28 heavy (non-hydrogen) atoms. The monoisotopic (exact) mass is 367 g/mol. The molecule has 0 spiro atoms. The van der Waals surface area contributed by atoms with Gasteiger partial charge in [-0.15, -0.1) is 0 Å². The summed E-state index contributed by atoms with van der Waals surface area (Å²) in [5, 5.41) is 9.77. The first-order chi connectivity index (χ1) is 13.7. The number of hydrogen-bond donors (Lipinski definition) is 1. The lowest BCUT2D eigenvalue weighted by Crippen LogP contribution is -2.39. The Hall–Kier alpha value is -3.66. The first kappa shape index (κ1) is 16.5. The normalized spacial score (nSPS) is 12.3. The topological polar surface area (TPSA) is 46.1 Å². The van der Waals surface area contributed by atoms with E-state index in [9.17, 15) is 9.90 Å². The molecule has 2 heterocycles. The number of carboxylic acid groups (broad SMARTS) is 1. The van der Waals surface area contributed by atoms with Gasteiger partial charge in [0.15, 0.2) is 5.69 Å². The first-order valence-corrected chi connectivity index (χ1v) is 9.37. The van der Waals surface area contributed by atoms with Gasteiger partial charge < -0.3 is 5.11 Å². The molecule has 0 atom stereocenters. The standard InChI is InChI=1S/C24H18N2O2/c27-24(28)19-11-5-7-13-21(19)26-22(17-8-2-1-3-9-17)16-25-20-12-6-4-10-18(20)14-15-23(25)26/h1-13,16H,14-15H2/p+1. The second-order valence-corrected chi connectivity index (χ2v) is 6.95. The summed E-state index contributed by atoms with van der Waals surface area (Å²) in [4.78, 5) is 11.9. The Kier molecular flexibility index (Phi) is 3.83. The predicted octanol–water partition coefficient (Wildman–Crippen LogP) is 4.22. The van der Waals surface area contributed by atoms with Crippen molar-refractivity contribution in [2.75, 3.05) is 0 Å². The Bertz CT molecular complexity index is 1190. The van der Waals surface area contributed by atoms with Gasteiger partial charge in [0.25, 0.3) is 5.82 Å². The molecule has 4 aromatic rings. The van der Waals surface area contributed by atoms with Crippen LogP contribution in [0.25, 0.3) is 22.6 Å². The van der Waals surface area contributed by atoms with E-state index in [0.29, 0.717) is 11.3 Å². The van der Waals surface area contributed by atoms with E-state index in [0.717, 1.165) is 35.6 Å². The summed E-state index contributed by atoms with van der Waals surface area (Å²) >= 11 is 0. The summed E-state index contributed by atoms with van der Waals surface area (Å²) in [6.07, 6.45) is 3.91. The van der Waals surface area contributed by atoms with Crippen LogP contribution >= 0.6 is 0 Å². The van der Waals surface area contributed by atoms with E-state index in [1.54, 1.807) is 12.1 Å². The fourth-order valence-electron chi connectivity index (χ4n) is 4.08. The maximum atomic E-state index is 11.9. The molecular weight excluding hydrogens is 348 g/mol. The van der Waals surface area contributed by atoms with Gasteiger partial charge in [0.1, 0.15) is 23.1 Å². The van der Waals surface area contributed by atoms with Crippen LogP contribution in [0.1, 0.15) is 21.7 Å². The average Bonchev–Trinajstić information content (AvgIpc) is 3.14. The number of nitrogens with zero attached hydrogens (tertiary/aromatic N) is 2. The third kappa shape index (κ3) is 2.54. The summed E-state index contributed by atoms with van der Waals surface area (Å²) in [6.45, 7) is 0. The lowest BCUT2D eigenvalue weighted by Gasteiger charge is -2.14. The Labute approximate surface area is 162 Å². The maximum Gasteiger partial charge on any atom is 0.340 e. The highest BCUT2D eigenvalue weighted by atomic mass is 16.4. The number of benzene rings is 3. The second kappa shape index (κ2) is 6.50. The van der Waals surface area contributed by atoms with Crippen LogP contribution in [0.3, 0.4) is 0 Å². The van der Waals surface area contributed by atoms with Gasteiger partial charge in [-0.3, -0.25) is 0 Å². The van der Waals surface area contributed by atoms with Gasteiger partial charge in [0.2, 0.25) is 0 Å². The molecule has 1 aliphatic heterocycles. The number of carbonyl (C=O) groups is 1. The van der Waals surface area contributed by atoms with Gasteiger partial charge in [-0.25, -0.2) is 4.79 Å². The highest BCUT2D eigenvalue weighted by Gasteiger charge is 2.32. The number of imidazole rings is 1. The molecule has 0 aliphatic carbocycles. The molecule has 0 saturated heterocycles. The fourth-order valence-corrected chi connectivity index (χ4v) is 4.08. The largest absolute Gasteiger partial charge is 0.478 e. The number of hydrogen-bond acceptors (Lipinski definition) is 1. The smallest absolute Gasteiger partial charge is 0.340 e. The molecule has 0 amide bonds. The Morgan fingerprint density at radius 3 is 2.39 bits per heavy atom. The molecule has 0 saturated carbocycles. The lowest BCUT2D eigenvalue weighted by atomic mass is 10.0. The zero-order valence-electron chi connectivity index (χ0n) is 15.2. The Balaban J connectivity index is 1.85. The van der Waals surface area contributed by atoms with Crippen molar-refractivity contribution in [1.82, 2.24) is 4.57 Å². The van der Waals surface area contributed by atoms with Crippen molar-refractivity contribution in [1.29, 1.82) is 0 Å². The maximum absolute atomic E-state index is 11.9. The summed E-state index contributed by atoms with van der Waals surface area (Å²) in [6, 6.07) is 25.8. The van der Waals surface area contributed by atoms with Gasteiger partial charge in [-0.1, -0.05) is 60.7 Å². The summed E-state index contributed by atoms with van der Waals surface area (Å²) < 4.78 is 4.31. The van der Waals surface area contributed by atoms with Crippen LogP contribution in [-0.2, 0) is 12.8 Å². The van der Waals surface area contributed by atoms with Crippen molar-refractivity contribution in [3.63, 3.8) is 0 Å². The number of para-hydroxylation sites is 2. The molecule has 0 fully saturated rings. The van der Waals surface area contributed by atoms with Crippen molar-refractivity contribution in [2.45, 2.75) is 12.8 Å². The highest BCUT2D eigenvalue weighted by Crippen LogP contribution is 2.30. The highest BCUT2D eigenvalue weighted by molar-refractivity contribution is 5.92. The van der Waals surface area contributed by atoms with E-state index in [-0.39, 0.29) is 0 Å². The van der Waals surface area contributed by atoms with Crippen molar-refractivity contribution in [2.24, 2.45) is 0 Å². The van der Waals surface area contributed by atoms with Gasteiger partial charge in [0, 0.05) is 5.56 Å². The SMILES string of the molecule is O=C(O)c1ccccc1-n1c(-c2ccccc2)c[n+]2c1CCc1ccccc1-2.